The summed E-state index contributed by atoms with van der Waals surface area (Å²) in [5, 5.41) is 3.07. The van der Waals surface area contributed by atoms with Crippen LogP contribution in [-0.4, -0.2) is 12.3 Å². The lowest BCUT2D eigenvalue weighted by molar-refractivity contribution is -0.115. The van der Waals surface area contributed by atoms with E-state index in [-0.39, 0.29) is 5.78 Å². The zero-order chi connectivity index (χ0) is 9.84. The van der Waals surface area contributed by atoms with Gasteiger partial charge < -0.3 is 5.32 Å². The van der Waals surface area contributed by atoms with E-state index in [4.69, 9.17) is 0 Å². The van der Waals surface area contributed by atoms with E-state index < -0.39 is 0 Å². The predicted molar refractivity (Wildman–Crippen MR) is 58.0 cm³/mol. The summed E-state index contributed by atoms with van der Waals surface area (Å²) < 4.78 is 1.05. The molecule has 3 heteroatoms. The molecule has 1 rings (SSSR count). The van der Waals surface area contributed by atoms with Crippen LogP contribution in [0, 0.1) is 6.92 Å². The van der Waals surface area contributed by atoms with Gasteiger partial charge in [0.2, 0.25) is 0 Å². The van der Waals surface area contributed by atoms with Crippen LogP contribution < -0.4 is 5.32 Å². The minimum Gasteiger partial charge on any atom is -0.378 e. The molecule has 0 amide bonds. The second-order valence-electron chi connectivity index (χ2n) is 3.01. The van der Waals surface area contributed by atoms with E-state index in [1.165, 1.54) is 0 Å². The monoisotopic (exact) mass is 241 g/mol. The number of carbonyl (C=O) groups is 1. The van der Waals surface area contributed by atoms with Crippen molar-refractivity contribution in [1.29, 1.82) is 0 Å². The quantitative estimate of drug-likeness (QED) is 0.882. The lowest BCUT2D eigenvalue weighted by atomic mass is 10.2. The fourth-order valence-corrected chi connectivity index (χ4v) is 1.52. The molecule has 0 fully saturated rings. The second-order valence-corrected chi connectivity index (χ2v) is 3.93. The van der Waals surface area contributed by atoms with Crippen LogP contribution in [0.15, 0.2) is 22.7 Å². The number of carbonyl (C=O) groups excluding carboxylic acids is 1. The Balaban J connectivity index is 2.72. The number of rotatable bonds is 3. The standard InChI is InChI=1S/C10H12BrNO/c1-7-5-9(11)3-4-10(7)12-6-8(2)13/h3-5,12H,6H2,1-2H3. The summed E-state index contributed by atoms with van der Waals surface area (Å²) in [5.74, 6) is 0.141. The molecule has 0 bridgehead atoms. The first kappa shape index (κ1) is 10.3. The molecule has 0 aromatic heterocycles. The molecule has 0 saturated heterocycles. The van der Waals surface area contributed by atoms with Gasteiger partial charge in [0, 0.05) is 10.2 Å². The number of hydrogen-bond donors (Lipinski definition) is 1. The predicted octanol–water partition coefficient (Wildman–Crippen LogP) is 2.76. The third-order valence-corrected chi connectivity index (χ3v) is 2.21. The zero-order valence-electron chi connectivity index (χ0n) is 7.73. The van der Waals surface area contributed by atoms with Gasteiger partial charge in [0.15, 0.2) is 0 Å². The molecular formula is C10H12BrNO. The van der Waals surface area contributed by atoms with E-state index >= 15 is 0 Å². The van der Waals surface area contributed by atoms with Crippen LogP contribution in [-0.2, 0) is 4.79 Å². The van der Waals surface area contributed by atoms with Crippen molar-refractivity contribution in [2.75, 3.05) is 11.9 Å². The fraction of sp³-hybridized carbons (Fsp3) is 0.300. The molecule has 0 spiro atoms. The molecule has 0 atom stereocenters. The number of aryl methyl sites for hydroxylation is 1. The van der Waals surface area contributed by atoms with E-state index in [1.54, 1.807) is 6.92 Å². The van der Waals surface area contributed by atoms with Gasteiger partial charge in [0.1, 0.15) is 5.78 Å². The number of hydrogen-bond acceptors (Lipinski definition) is 2. The number of benzene rings is 1. The van der Waals surface area contributed by atoms with Gasteiger partial charge in [-0.05, 0) is 37.6 Å². The van der Waals surface area contributed by atoms with E-state index in [9.17, 15) is 4.79 Å². The minimum absolute atomic E-state index is 0.141. The summed E-state index contributed by atoms with van der Waals surface area (Å²) in [6.45, 7) is 3.97. The van der Waals surface area contributed by atoms with Crippen LogP contribution in [0.4, 0.5) is 5.69 Å². The van der Waals surface area contributed by atoms with Crippen LogP contribution in [0.25, 0.3) is 0 Å². The van der Waals surface area contributed by atoms with Crippen molar-refractivity contribution in [2.45, 2.75) is 13.8 Å². The SMILES string of the molecule is CC(=O)CNc1ccc(Br)cc1C. The summed E-state index contributed by atoms with van der Waals surface area (Å²) in [6.07, 6.45) is 0. The summed E-state index contributed by atoms with van der Waals surface area (Å²) in [5.41, 5.74) is 2.15. The second kappa shape index (κ2) is 4.42. The average Bonchev–Trinajstić information content (AvgIpc) is 2.02. The smallest absolute Gasteiger partial charge is 0.148 e. The summed E-state index contributed by atoms with van der Waals surface area (Å²) >= 11 is 3.38. The van der Waals surface area contributed by atoms with Gasteiger partial charge in [-0.3, -0.25) is 4.79 Å². The molecule has 0 saturated carbocycles. The van der Waals surface area contributed by atoms with Crippen LogP contribution in [0.5, 0.6) is 0 Å². The van der Waals surface area contributed by atoms with Crippen LogP contribution in [0.1, 0.15) is 12.5 Å². The van der Waals surface area contributed by atoms with Crippen molar-refractivity contribution in [3.05, 3.63) is 28.2 Å². The minimum atomic E-state index is 0.141. The van der Waals surface area contributed by atoms with Crippen molar-refractivity contribution in [3.8, 4) is 0 Å². The first-order valence-electron chi connectivity index (χ1n) is 4.09. The third-order valence-electron chi connectivity index (χ3n) is 1.72. The van der Waals surface area contributed by atoms with E-state index in [1.807, 2.05) is 25.1 Å². The Bertz CT molecular complexity index is 323. The molecule has 0 aliphatic heterocycles. The van der Waals surface area contributed by atoms with Crippen LogP contribution in [0.2, 0.25) is 0 Å². The highest BCUT2D eigenvalue weighted by Gasteiger charge is 1.98. The van der Waals surface area contributed by atoms with Gasteiger partial charge in [-0.1, -0.05) is 15.9 Å². The number of ketones is 1. The molecule has 2 nitrogen and oxygen atoms in total. The number of Topliss-reactive ketones (excluding diaryl/α,β-unsaturated/α-hetero) is 1. The van der Waals surface area contributed by atoms with Gasteiger partial charge in [0.05, 0.1) is 6.54 Å². The first-order valence-corrected chi connectivity index (χ1v) is 4.88. The number of halogens is 1. The van der Waals surface area contributed by atoms with Crippen molar-refractivity contribution in [1.82, 2.24) is 0 Å². The Hall–Kier alpha value is -0.830. The van der Waals surface area contributed by atoms with Crippen molar-refractivity contribution >= 4 is 27.4 Å². The van der Waals surface area contributed by atoms with E-state index in [2.05, 4.69) is 21.2 Å². The molecule has 0 heterocycles. The Morgan fingerprint density at radius 1 is 1.54 bits per heavy atom. The summed E-state index contributed by atoms with van der Waals surface area (Å²) in [7, 11) is 0. The highest BCUT2D eigenvalue weighted by Crippen LogP contribution is 2.19. The highest BCUT2D eigenvalue weighted by molar-refractivity contribution is 9.10. The molecule has 1 aromatic rings. The summed E-state index contributed by atoms with van der Waals surface area (Å²) in [4.78, 5) is 10.7. The molecule has 0 aliphatic rings. The topological polar surface area (TPSA) is 29.1 Å². The number of anilines is 1. The third kappa shape index (κ3) is 3.19. The maximum atomic E-state index is 10.7. The lowest BCUT2D eigenvalue weighted by Gasteiger charge is -2.07. The molecule has 13 heavy (non-hydrogen) atoms. The number of nitrogens with one attached hydrogen (secondary N) is 1. The maximum absolute atomic E-state index is 10.7. The molecule has 0 radical (unpaired) electrons. The molecule has 70 valence electrons. The van der Waals surface area contributed by atoms with Crippen LogP contribution in [0.3, 0.4) is 0 Å². The zero-order valence-corrected chi connectivity index (χ0v) is 9.31. The van der Waals surface area contributed by atoms with E-state index in [0.29, 0.717) is 6.54 Å². The Morgan fingerprint density at radius 3 is 2.77 bits per heavy atom. The summed E-state index contributed by atoms with van der Waals surface area (Å²) in [6, 6.07) is 5.93. The van der Waals surface area contributed by atoms with Crippen LogP contribution >= 0.6 is 15.9 Å². The molecule has 0 aliphatic carbocycles. The van der Waals surface area contributed by atoms with Crippen molar-refractivity contribution < 1.29 is 4.79 Å². The normalized spacial score (nSPS) is 9.77. The van der Waals surface area contributed by atoms with Gasteiger partial charge in [0.25, 0.3) is 0 Å². The fourth-order valence-electron chi connectivity index (χ4n) is 1.05. The average molecular weight is 242 g/mol. The Morgan fingerprint density at radius 2 is 2.23 bits per heavy atom. The molecular weight excluding hydrogens is 230 g/mol. The van der Waals surface area contributed by atoms with E-state index in [0.717, 1.165) is 15.7 Å². The first-order chi connectivity index (χ1) is 6.09. The Labute approximate surface area is 86.5 Å². The maximum Gasteiger partial charge on any atom is 0.148 e. The van der Waals surface area contributed by atoms with Gasteiger partial charge >= 0.3 is 0 Å². The van der Waals surface area contributed by atoms with Gasteiger partial charge in [-0.15, -0.1) is 0 Å². The molecule has 1 aromatic carbocycles. The van der Waals surface area contributed by atoms with Gasteiger partial charge in [-0.25, -0.2) is 0 Å². The highest BCUT2D eigenvalue weighted by atomic mass is 79.9. The lowest BCUT2D eigenvalue weighted by Crippen LogP contribution is -2.10. The van der Waals surface area contributed by atoms with Crippen molar-refractivity contribution in [2.24, 2.45) is 0 Å². The van der Waals surface area contributed by atoms with Crippen molar-refractivity contribution in [3.63, 3.8) is 0 Å². The van der Waals surface area contributed by atoms with Gasteiger partial charge in [-0.2, -0.15) is 0 Å². The molecule has 1 N–H and O–H groups in total. The Kier molecular flexibility index (Phi) is 3.48. The molecule has 0 unspecified atom stereocenters. The largest absolute Gasteiger partial charge is 0.378 e.